The van der Waals surface area contributed by atoms with Crippen LogP contribution < -0.4 is 4.74 Å². The van der Waals surface area contributed by atoms with E-state index in [2.05, 4.69) is 28.8 Å². The van der Waals surface area contributed by atoms with Gasteiger partial charge in [0.05, 0.1) is 6.20 Å². The maximum Gasteiger partial charge on any atom is 0.138 e. The molecule has 1 N–H and O–H groups in total. The summed E-state index contributed by atoms with van der Waals surface area (Å²) in [6.07, 6.45) is 5.79. The number of hydrogen-bond acceptors (Lipinski definition) is 4. The van der Waals surface area contributed by atoms with E-state index in [0.717, 1.165) is 17.9 Å². The van der Waals surface area contributed by atoms with Crippen LogP contribution in [0.4, 0.5) is 0 Å². The number of rotatable bonds is 3. The lowest BCUT2D eigenvalue weighted by atomic mass is 10.1. The zero-order chi connectivity index (χ0) is 14.6. The van der Waals surface area contributed by atoms with Crippen LogP contribution in [-0.4, -0.2) is 46.8 Å². The summed E-state index contributed by atoms with van der Waals surface area (Å²) in [5.74, 6) is 6.41. The Kier molecular flexibility index (Phi) is 4.64. The summed E-state index contributed by atoms with van der Waals surface area (Å²) in [6.45, 7) is 5.14. The Balaban J connectivity index is 1.97. The van der Waals surface area contributed by atoms with E-state index in [1.54, 1.807) is 26.2 Å². The van der Waals surface area contributed by atoms with E-state index in [1.807, 2.05) is 6.07 Å². The molecule has 0 radical (unpaired) electrons. The van der Waals surface area contributed by atoms with Gasteiger partial charge in [-0.2, -0.15) is 0 Å². The van der Waals surface area contributed by atoms with Crippen LogP contribution in [0.25, 0.3) is 0 Å². The fourth-order valence-electron chi connectivity index (χ4n) is 2.17. The number of hydrogen-bond donors (Lipinski definition) is 1. The lowest BCUT2D eigenvalue weighted by molar-refractivity contribution is 0.143. The summed E-state index contributed by atoms with van der Waals surface area (Å²) < 4.78 is 5.80. The average Bonchev–Trinajstić information content (AvgIpc) is 2.79. The molecule has 4 heteroatoms. The van der Waals surface area contributed by atoms with Gasteiger partial charge in [-0.15, -0.1) is 0 Å². The van der Waals surface area contributed by atoms with Crippen LogP contribution in [0.1, 0.15) is 32.3 Å². The monoisotopic (exact) mass is 274 g/mol. The topological polar surface area (TPSA) is 45.6 Å². The molecule has 4 nitrogen and oxygen atoms in total. The zero-order valence-electron chi connectivity index (χ0n) is 12.4. The number of nitrogens with zero attached hydrogens (tertiary/aromatic N) is 2. The second-order valence-electron chi connectivity index (χ2n) is 5.81. The molecule has 0 spiro atoms. The van der Waals surface area contributed by atoms with Gasteiger partial charge in [-0.1, -0.05) is 11.8 Å². The molecule has 0 aliphatic carbocycles. The summed E-state index contributed by atoms with van der Waals surface area (Å²) in [7, 11) is 2.13. The molecule has 0 saturated carbocycles. The van der Waals surface area contributed by atoms with Crippen molar-refractivity contribution in [3.63, 3.8) is 0 Å². The molecule has 0 bridgehead atoms. The summed E-state index contributed by atoms with van der Waals surface area (Å²) in [5, 5.41) is 9.59. The SMILES string of the molecule is CN1CCC[C@H]1COc1cncc(C#CC(C)(C)O)c1. The van der Waals surface area contributed by atoms with E-state index in [-0.39, 0.29) is 0 Å². The average molecular weight is 274 g/mol. The third kappa shape index (κ3) is 4.52. The van der Waals surface area contributed by atoms with Crippen molar-refractivity contribution in [2.24, 2.45) is 0 Å². The van der Waals surface area contributed by atoms with Crippen LogP contribution >= 0.6 is 0 Å². The third-order valence-corrected chi connectivity index (χ3v) is 3.34. The van der Waals surface area contributed by atoms with Crippen LogP contribution in [0, 0.1) is 11.8 Å². The van der Waals surface area contributed by atoms with Gasteiger partial charge >= 0.3 is 0 Å². The van der Waals surface area contributed by atoms with E-state index < -0.39 is 5.60 Å². The van der Waals surface area contributed by atoms with Crippen LogP contribution in [0.3, 0.4) is 0 Å². The summed E-state index contributed by atoms with van der Waals surface area (Å²) >= 11 is 0. The van der Waals surface area contributed by atoms with Crippen molar-refractivity contribution in [3.05, 3.63) is 24.0 Å². The molecule has 2 heterocycles. The van der Waals surface area contributed by atoms with Crippen molar-refractivity contribution in [2.75, 3.05) is 20.2 Å². The Bertz CT molecular complexity index is 511. The summed E-state index contributed by atoms with van der Waals surface area (Å²) in [4.78, 5) is 6.45. The van der Waals surface area contributed by atoms with Gasteiger partial charge in [-0.05, 0) is 46.3 Å². The minimum Gasteiger partial charge on any atom is -0.490 e. The smallest absolute Gasteiger partial charge is 0.138 e. The van der Waals surface area contributed by atoms with Crippen LogP contribution in [0.15, 0.2) is 18.5 Å². The van der Waals surface area contributed by atoms with Crippen molar-refractivity contribution >= 4 is 0 Å². The van der Waals surface area contributed by atoms with Gasteiger partial charge in [0.25, 0.3) is 0 Å². The Morgan fingerprint density at radius 3 is 2.95 bits per heavy atom. The minimum absolute atomic E-state index is 0.487. The molecule has 1 aromatic rings. The number of aliphatic hydroxyl groups is 1. The molecule has 1 fully saturated rings. The molecule has 20 heavy (non-hydrogen) atoms. The predicted molar refractivity (Wildman–Crippen MR) is 78.6 cm³/mol. The highest BCUT2D eigenvalue weighted by atomic mass is 16.5. The lowest BCUT2D eigenvalue weighted by Crippen LogP contribution is -2.30. The van der Waals surface area contributed by atoms with Gasteiger partial charge in [0.2, 0.25) is 0 Å². The number of aromatic nitrogens is 1. The van der Waals surface area contributed by atoms with Crippen molar-refractivity contribution in [1.29, 1.82) is 0 Å². The zero-order valence-corrected chi connectivity index (χ0v) is 12.4. The number of likely N-dealkylation sites (N-methyl/N-ethyl adjacent to an activating group) is 1. The lowest BCUT2D eigenvalue weighted by Gasteiger charge is -2.19. The molecule has 0 unspecified atom stereocenters. The molecule has 1 aliphatic rings. The number of likely N-dealkylation sites (tertiary alicyclic amines) is 1. The van der Waals surface area contributed by atoms with Crippen LogP contribution in [-0.2, 0) is 0 Å². The van der Waals surface area contributed by atoms with Gasteiger partial charge in [-0.25, -0.2) is 0 Å². The van der Waals surface area contributed by atoms with Crippen molar-refractivity contribution in [3.8, 4) is 17.6 Å². The molecular formula is C16H22N2O2. The summed E-state index contributed by atoms with van der Waals surface area (Å²) in [5.41, 5.74) is -0.243. The van der Waals surface area contributed by atoms with Gasteiger partial charge in [-0.3, -0.25) is 4.98 Å². The van der Waals surface area contributed by atoms with Crippen LogP contribution in [0.5, 0.6) is 5.75 Å². The molecule has 0 amide bonds. The Morgan fingerprint density at radius 2 is 2.30 bits per heavy atom. The van der Waals surface area contributed by atoms with Crippen molar-refractivity contribution < 1.29 is 9.84 Å². The predicted octanol–water partition coefficient (Wildman–Crippen LogP) is 1.68. The molecule has 1 saturated heterocycles. The highest BCUT2D eigenvalue weighted by Crippen LogP contribution is 2.17. The van der Waals surface area contributed by atoms with Gasteiger partial charge < -0.3 is 14.7 Å². The second kappa shape index (κ2) is 6.25. The second-order valence-corrected chi connectivity index (χ2v) is 5.81. The highest BCUT2D eigenvalue weighted by molar-refractivity contribution is 5.38. The first kappa shape index (κ1) is 14.8. The fourth-order valence-corrected chi connectivity index (χ4v) is 2.17. The maximum atomic E-state index is 9.59. The Hall–Kier alpha value is -1.57. The Labute approximate surface area is 120 Å². The van der Waals surface area contributed by atoms with E-state index >= 15 is 0 Å². The van der Waals surface area contributed by atoms with E-state index in [9.17, 15) is 5.11 Å². The van der Waals surface area contributed by atoms with Crippen molar-refractivity contribution in [2.45, 2.75) is 38.3 Å². The van der Waals surface area contributed by atoms with Crippen LogP contribution in [0.2, 0.25) is 0 Å². The Morgan fingerprint density at radius 1 is 1.50 bits per heavy atom. The maximum absolute atomic E-state index is 9.59. The number of ether oxygens (including phenoxy) is 1. The quantitative estimate of drug-likeness (QED) is 0.852. The fraction of sp³-hybridized carbons (Fsp3) is 0.562. The first-order valence-corrected chi connectivity index (χ1v) is 6.98. The molecular weight excluding hydrogens is 252 g/mol. The molecule has 2 rings (SSSR count). The molecule has 1 atom stereocenters. The van der Waals surface area contributed by atoms with Gasteiger partial charge in [0.15, 0.2) is 0 Å². The van der Waals surface area contributed by atoms with E-state index in [0.29, 0.717) is 12.6 Å². The summed E-state index contributed by atoms with van der Waals surface area (Å²) in [6, 6.07) is 2.35. The first-order chi connectivity index (χ1) is 9.44. The van der Waals surface area contributed by atoms with Gasteiger partial charge in [0.1, 0.15) is 18.0 Å². The highest BCUT2D eigenvalue weighted by Gasteiger charge is 2.21. The third-order valence-electron chi connectivity index (χ3n) is 3.34. The molecule has 1 aliphatic heterocycles. The minimum atomic E-state index is -0.997. The van der Waals surface area contributed by atoms with Gasteiger partial charge in [0, 0.05) is 17.8 Å². The molecule has 0 aromatic carbocycles. The largest absolute Gasteiger partial charge is 0.490 e. The molecule has 108 valence electrons. The van der Waals surface area contributed by atoms with Crippen molar-refractivity contribution in [1.82, 2.24) is 9.88 Å². The molecule has 1 aromatic heterocycles. The normalized spacial score (nSPS) is 19.5. The van der Waals surface area contributed by atoms with E-state index in [4.69, 9.17) is 4.74 Å². The van der Waals surface area contributed by atoms with E-state index in [1.165, 1.54) is 12.8 Å². The number of pyridine rings is 1. The standard InChI is InChI=1S/C16H22N2O2/c1-16(2,19)7-6-13-9-15(11-17-10-13)20-12-14-5-4-8-18(14)3/h9-11,14,19H,4-5,8,12H2,1-3H3/t14-/m0/s1. The first-order valence-electron chi connectivity index (χ1n) is 6.98.